The molecule has 0 aromatic heterocycles. The van der Waals surface area contributed by atoms with Crippen molar-refractivity contribution in [2.24, 2.45) is 0 Å². The molecule has 1 rings (SSSR count). The van der Waals surface area contributed by atoms with Gasteiger partial charge in [0, 0.05) is 11.3 Å². The molecule has 0 unspecified atom stereocenters. The van der Waals surface area contributed by atoms with E-state index in [1.54, 1.807) is 13.0 Å². The lowest BCUT2D eigenvalue weighted by atomic mass is 10.1. The molecule has 0 saturated carbocycles. The van der Waals surface area contributed by atoms with Crippen LogP contribution >= 0.6 is 0 Å². The fourth-order valence-corrected chi connectivity index (χ4v) is 1.22. The van der Waals surface area contributed by atoms with Crippen LogP contribution in [0, 0.1) is 6.92 Å². The SMILES string of the molecule is COc1ccc(N)c(C(=O)O)c1C. The first-order valence-electron chi connectivity index (χ1n) is 3.74. The Labute approximate surface area is 75.9 Å². The second-order valence-electron chi connectivity index (χ2n) is 2.66. The number of nitrogen functional groups attached to an aromatic ring is 1. The topological polar surface area (TPSA) is 72.5 Å². The Kier molecular flexibility index (Phi) is 2.41. The Morgan fingerprint density at radius 1 is 1.54 bits per heavy atom. The normalized spacial score (nSPS) is 9.69. The Balaban J connectivity index is 3.38. The Morgan fingerprint density at radius 3 is 2.62 bits per heavy atom. The summed E-state index contributed by atoms with van der Waals surface area (Å²) in [6.45, 7) is 1.67. The maximum absolute atomic E-state index is 10.8. The van der Waals surface area contributed by atoms with Crippen LogP contribution in [0.3, 0.4) is 0 Å². The highest BCUT2D eigenvalue weighted by Gasteiger charge is 2.14. The number of anilines is 1. The van der Waals surface area contributed by atoms with Crippen LogP contribution in [0.1, 0.15) is 15.9 Å². The van der Waals surface area contributed by atoms with Gasteiger partial charge < -0.3 is 15.6 Å². The van der Waals surface area contributed by atoms with Crippen molar-refractivity contribution in [2.45, 2.75) is 6.92 Å². The third kappa shape index (κ3) is 1.56. The number of hydrogen-bond acceptors (Lipinski definition) is 3. The van der Waals surface area contributed by atoms with Gasteiger partial charge in [-0.15, -0.1) is 0 Å². The van der Waals surface area contributed by atoms with Crippen molar-refractivity contribution in [3.8, 4) is 5.75 Å². The molecule has 0 amide bonds. The smallest absolute Gasteiger partial charge is 0.338 e. The van der Waals surface area contributed by atoms with E-state index >= 15 is 0 Å². The van der Waals surface area contributed by atoms with E-state index in [4.69, 9.17) is 15.6 Å². The molecule has 0 atom stereocenters. The molecule has 0 fully saturated rings. The Hall–Kier alpha value is -1.71. The van der Waals surface area contributed by atoms with Gasteiger partial charge >= 0.3 is 5.97 Å². The number of benzene rings is 1. The van der Waals surface area contributed by atoms with Crippen molar-refractivity contribution in [3.63, 3.8) is 0 Å². The average Bonchev–Trinajstić information content (AvgIpc) is 2.04. The first-order chi connectivity index (χ1) is 6.07. The molecule has 13 heavy (non-hydrogen) atoms. The summed E-state index contributed by atoms with van der Waals surface area (Å²) in [6.07, 6.45) is 0. The van der Waals surface area contributed by atoms with Crippen molar-refractivity contribution < 1.29 is 14.6 Å². The average molecular weight is 181 g/mol. The highest BCUT2D eigenvalue weighted by atomic mass is 16.5. The summed E-state index contributed by atoms with van der Waals surface area (Å²) in [5, 5.41) is 8.83. The summed E-state index contributed by atoms with van der Waals surface area (Å²) in [5.41, 5.74) is 6.43. The molecule has 0 spiro atoms. The van der Waals surface area contributed by atoms with Gasteiger partial charge in [0.15, 0.2) is 0 Å². The molecule has 3 N–H and O–H groups in total. The number of aromatic carboxylic acids is 1. The van der Waals surface area contributed by atoms with E-state index in [0.717, 1.165) is 0 Å². The third-order valence-electron chi connectivity index (χ3n) is 1.88. The Bertz CT molecular complexity index is 347. The number of ether oxygens (including phenoxy) is 1. The maximum atomic E-state index is 10.8. The van der Waals surface area contributed by atoms with Gasteiger partial charge in [0.05, 0.1) is 12.7 Å². The molecular formula is C9H11NO3. The number of nitrogens with two attached hydrogens (primary N) is 1. The quantitative estimate of drug-likeness (QED) is 0.674. The summed E-state index contributed by atoms with van der Waals surface area (Å²) in [6, 6.07) is 3.17. The van der Waals surface area contributed by atoms with Crippen molar-refractivity contribution >= 4 is 11.7 Å². The molecule has 0 aliphatic carbocycles. The van der Waals surface area contributed by atoms with E-state index in [-0.39, 0.29) is 11.3 Å². The summed E-state index contributed by atoms with van der Waals surface area (Å²) in [7, 11) is 1.49. The number of methoxy groups -OCH3 is 1. The number of rotatable bonds is 2. The molecule has 70 valence electrons. The van der Waals surface area contributed by atoms with Gasteiger partial charge in [-0.3, -0.25) is 0 Å². The van der Waals surface area contributed by atoms with Gasteiger partial charge in [-0.2, -0.15) is 0 Å². The Morgan fingerprint density at radius 2 is 2.15 bits per heavy atom. The van der Waals surface area contributed by atoms with Crippen molar-refractivity contribution in [3.05, 3.63) is 23.3 Å². The molecule has 0 aliphatic heterocycles. The highest BCUT2D eigenvalue weighted by molar-refractivity contribution is 5.96. The van der Waals surface area contributed by atoms with Crippen LogP contribution in [0.5, 0.6) is 5.75 Å². The number of carbonyl (C=O) groups is 1. The lowest BCUT2D eigenvalue weighted by molar-refractivity contribution is 0.0697. The molecule has 0 saturated heterocycles. The van der Waals surface area contributed by atoms with Crippen molar-refractivity contribution in [1.82, 2.24) is 0 Å². The summed E-state index contributed by atoms with van der Waals surface area (Å²) in [4.78, 5) is 10.8. The summed E-state index contributed by atoms with van der Waals surface area (Å²) >= 11 is 0. The van der Waals surface area contributed by atoms with Gasteiger partial charge in [-0.05, 0) is 19.1 Å². The fourth-order valence-electron chi connectivity index (χ4n) is 1.22. The van der Waals surface area contributed by atoms with Gasteiger partial charge in [-0.1, -0.05) is 0 Å². The molecule has 1 aromatic rings. The van der Waals surface area contributed by atoms with Crippen LogP contribution in [0.4, 0.5) is 5.69 Å². The first kappa shape index (κ1) is 9.38. The second kappa shape index (κ2) is 3.35. The van der Waals surface area contributed by atoms with Crippen LogP contribution in [-0.4, -0.2) is 18.2 Å². The third-order valence-corrected chi connectivity index (χ3v) is 1.88. The van der Waals surface area contributed by atoms with Crippen LogP contribution in [0.25, 0.3) is 0 Å². The molecule has 4 nitrogen and oxygen atoms in total. The maximum Gasteiger partial charge on any atom is 0.338 e. The minimum Gasteiger partial charge on any atom is -0.496 e. The van der Waals surface area contributed by atoms with Gasteiger partial charge in [0.2, 0.25) is 0 Å². The number of hydrogen-bond donors (Lipinski definition) is 2. The number of carboxylic acid groups (broad SMARTS) is 1. The zero-order chi connectivity index (χ0) is 10.0. The minimum absolute atomic E-state index is 0.111. The van der Waals surface area contributed by atoms with Crippen LogP contribution in [0.15, 0.2) is 12.1 Å². The lowest BCUT2D eigenvalue weighted by Crippen LogP contribution is -2.06. The van der Waals surface area contributed by atoms with E-state index in [1.165, 1.54) is 13.2 Å². The van der Waals surface area contributed by atoms with E-state index in [9.17, 15) is 4.79 Å². The molecule has 0 bridgehead atoms. The predicted octanol–water partition coefficient (Wildman–Crippen LogP) is 1.28. The largest absolute Gasteiger partial charge is 0.496 e. The molecule has 4 heteroatoms. The van der Waals surface area contributed by atoms with E-state index in [0.29, 0.717) is 11.3 Å². The highest BCUT2D eigenvalue weighted by Crippen LogP contribution is 2.25. The molecule has 0 heterocycles. The minimum atomic E-state index is -1.03. The molecule has 1 aromatic carbocycles. The van der Waals surface area contributed by atoms with Crippen LogP contribution < -0.4 is 10.5 Å². The van der Waals surface area contributed by atoms with Crippen molar-refractivity contribution in [1.29, 1.82) is 0 Å². The molecular weight excluding hydrogens is 170 g/mol. The lowest BCUT2D eigenvalue weighted by Gasteiger charge is -2.09. The van der Waals surface area contributed by atoms with E-state index < -0.39 is 5.97 Å². The van der Waals surface area contributed by atoms with Crippen molar-refractivity contribution in [2.75, 3.05) is 12.8 Å². The predicted molar refractivity (Wildman–Crippen MR) is 49.1 cm³/mol. The zero-order valence-corrected chi connectivity index (χ0v) is 7.50. The zero-order valence-electron chi connectivity index (χ0n) is 7.50. The molecule has 0 aliphatic rings. The fraction of sp³-hybridized carbons (Fsp3) is 0.222. The first-order valence-corrected chi connectivity index (χ1v) is 3.74. The second-order valence-corrected chi connectivity index (χ2v) is 2.66. The standard InChI is InChI=1S/C9H11NO3/c1-5-7(13-2)4-3-6(10)8(5)9(11)12/h3-4H,10H2,1-2H3,(H,11,12). The van der Waals surface area contributed by atoms with Gasteiger partial charge in [0.25, 0.3) is 0 Å². The molecule has 0 radical (unpaired) electrons. The van der Waals surface area contributed by atoms with E-state index in [1.807, 2.05) is 0 Å². The summed E-state index contributed by atoms with van der Waals surface area (Å²) in [5.74, 6) is -0.500. The van der Waals surface area contributed by atoms with Crippen LogP contribution in [0.2, 0.25) is 0 Å². The van der Waals surface area contributed by atoms with E-state index in [2.05, 4.69) is 0 Å². The van der Waals surface area contributed by atoms with Crippen LogP contribution in [-0.2, 0) is 0 Å². The summed E-state index contributed by atoms with van der Waals surface area (Å²) < 4.78 is 4.97. The van der Waals surface area contributed by atoms with Gasteiger partial charge in [-0.25, -0.2) is 4.79 Å². The van der Waals surface area contributed by atoms with Gasteiger partial charge in [0.1, 0.15) is 5.75 Å². The number of carboxylic acids is 1. The monoisotopic (exact) mass is 181 g/mol.